The molecule has 2 aromatic carbocycles. The van der Waals surface area contributed by atoms with Gasteiger partial charge in [0.15, 0.2) is 0 Å². The molecule has 0 spiro atoms. The molecule has 2 aromatic rings. The summed E-state index contributed by atoms with van der Waals surface area (Å²) in [5.41, 5.74) is -0.563. The molecule has 0 aliphatic rings. The number of halogens is 5. The lowest BCUT2D eigenvalue weighted by atomic mass is 9.95. The molecular formula is C15H11F5O. The second-order valence-electron chi connectivity index (χ2n) is 4.67. The van der Waals surface area contributed by atoms with Gasteiger partial charge < -0.3 is 5.11 Å². The van der Waals surface area contributed by atoms with Crippen LogP contribution in [0.15, 0.2) is 36.4 Å². The molecule has 0 amide bonds. The molecule has 0 saturated heterocycles. The zero-order valence-corrected chi connectivity index (χ0v) is 10.9. The summed E-state index contributed by atoms with van der Waals surface area (Å²) in [6.45, 7) is 1.39. The standard InChI is InChI=1S/C15H11F5O/c1-8-4-10(15(18,19)20)2-3-13(8)14(21)9-5-11(16)7-12(17)6-9/h2-7,14,21H,1H3. The van der Waals surface area contributed by atoms with Gasteiger partial charge in [0.2, 0.25) is 0 Å². The summed E-state index contributed by atoms with van der Waals surface area (Å²) in [6.07, 6.45) is -5.89. The van der Waals surface area contributed by atoms with Crippen LogP contribution in [-0.4, -0.2) is 5.11 Å². The molecule has 2 rings (SSSR count). The largest absolute Gasteiger partial charge is 0.416 e. The first kappa shape index (κ1) is 15.4. The molecular weight excluding hydrogens is 291 g/mol. The Hall–Kier alpha value is -1.95. The zero-order chi connectivity index (χ0) is 15.8. The second-order valence-corrected chi connectivity index (χ2v) is 4.67. The molecule has 0 heterocycles. The van der Waals surface area contributed by atoms with E-state index in [2.05, 4.69) is 0 Å². The van der Waals surface area contributed by atoms with Gasteiger partial charge >= 0.3 is 6.18 Å². The third-order valence-electron chi connectivity index (χ3n) is 3.09. The molecule has 1 N–H and O–H groups in total. The fourth-order valence-electron chi connectivity index (χ4n) is 2.07. The Bertz CT molecular complexity index is 643. The Balaban J connectivity index is 2.42. The van der Waals surface area contributed by atoms with E-state index in [-0.39, 0.29) is 16.7 Å². The molecule has 0 aromatic heterocycles. The zero-order valence-electron chi connectivity index (χ0n) is 10.9. The minimum absolute atomic E-state index is 0.0599. The van der Waals surface area contributed by atoms with Gasteiger partial charge in [0.25, 0.3) is 0 Å². The van der Waals surface area contributed by atoms with Gasteiger partial charge in [-0.1, -0.05) is 6.07 Å². The Morgan fingerprint density at radius 3 is 2.00 bits per heavy atom. The smallest absolute Gasteiger partial charge is 0.384 e. The number of alkyl halides is 3. The maximum Gasteiger partial charge on any atom is 0.416 e. The average Bonchev–Trinajstić information content (AvgIpc) is 2.35. The van der Waals surface area contributed by atoms with Gasteiger partial charge in [-0.2, -0.15) is 13.2 Å². The topological polar surface area (TPSA) is 20.2 Å². The molecule has 1 atom stereocenters. The van der Waals surface area contributed by atoms with Gasteiger partial charge in [-0.3, -0.25) is 0 Å². The molecule has 6 heteroatoms. The Morgan fingerprint density at radius 1 is 0.952 bits per heavy atom. The monoisotopic (exact) mass is 302 g/mol. The van der Waals surface area contributed by atoms with Gasteiger partial charge in [0, 0.05) is 6.07 Å². The van der Waals surface area contributed by atoms with Crippen LogP contribution >= 0.6 is 0 Å². The maximum absolute atomic E-state index is 13.1. The fraction of sp³-hybridized carbons (Fsp3) is 0.200. The van der Waals surface area contributed by atoms with Crippen molar-refractivity contribution in [2.75, 3.05) is 0 Å². The SMILES string of the molecule is Cc1cc(C(F)(F)F)ccc1C(O)c1cc(F)cc(F)c1. The van der Waals surface area contributed by atoms with E-state index in [0.29, 0.717) is 6.07 Å². The van der Waals surface area contributed by atoms with E-state index >= 15 is 0 Å². The van der Waals surface area contributed by atoms with Crippen LogP contribution in [0.4, 0.5) is 22.0 Å². The summed E-state index contributed by atoms with van der Waals surface area (Å²) in [7, 11) is 0. The highest BCUT2D eigenvalue weighted by atomic mass is 19.4. The van der Waals surface area contributed by atoms with Crippen LogP contribution in [0.1, 0.15) is 28.4 Å². The van der Waals surface area contributed by atoms with Crippen LogP contribution in [-0.2, 0) is 6.18 Å². The summed E-state index contributed by atoms with van der Waals surface area (Å²) in [5, 5.41) is 10.1. The highest BCUT2D eigenvalue weighted by molar-refractivity contribution is 5.38. The molecule has 0 aliphatic heterocycles. The Labute approximate surface area is 117 Å². The van der Waals surface area contributed by atoms with Gasteiger partial charge in [-0.05, 0) is 47.9 Å². The Kier molecular flexibility index (Phi) is 4.00. The van der Waals surface area contributed by atoms with Crippen LogP contribution in [0.25, 0.3) is 0 Å². The van der Waals surface area contributed by atoms with Crippen LogP contribution < -0.4 is 0 Å². The number of aryl methyl sites for hydroxylation is 1. The number of aliphatic hydroxyl groups is 1. The lowest BCUT2D eigenvalue weighted by molar-refractivity contribution is -0.137. The van der Waals surface area contributed by atoms with E-state index in [1.54, 1.807) is 0 Å². The van der Waals surface area contributed by atoms with Crippen LogP contribution in [0, 0.1) is 18.6 Å². The van der Waals surface area contributed by atoms with Crippen molar-refractivity contribution in [1.29, 1.82) is 0 Å². The number of hydrogen-bond donors (Lipinski definition) is 1. The third-order valence-corrected chi connectivity index (χ3v) is 3.09. The van der Waals surface area contributed by atoms with Crippen LogP contribution in [0.2, 0.25) is 0 Å². The lowest BCUT2D eigenvalue weighted by Gasteiger charge is -2.16. The predicted molar refractivity (Wildman–Crippen MR) is 66.6 cm³/mol. The molecule has 1 unspecified atom stereocenters. The van der Waals surface area contributed by atoms with E-state index in [1.807, 2.05) is 0 Å². The molecule has 1 nitrogen and oxygen atoms in total. The summed E-state index contributed by atoms with van der Waals surface area (Å²) in [4.78, 5) is 0. The number of rotatable bonds is 2. The van der Waals surface area contributed by atoms with E-state index < -0.39 is 29.5 Å². The first-order chi connectivity index (χ1) is 9.68. The van der Waals surface area contributed by atoms with Crippen molar-refractivity contribution in [1.82, 2.24) is 0 Å². The van der Waals surface area contributed by atoms with Crippen molar-refractivity contribution in [2.24, 2.45) is 0 Å². The van der Waals surface area contributed by atoms with E-state index in [1.165, 1.54) is 6.92 Å². The van der Waals surface area contributed by atoms with Gasteiger partial charge in [-0.15, -0.1) is 0 Å². The van der Waals surface area contributed by atoms with Gasteiger partial charge in [0.1, 0.15) is 17.7 Å². The summed E-state index contributed by atoms with van der Waals surface area (Å²) < 4.78 is 64.0. The first-order valence-electron chi connectivity index (χ1n) is 6.00. The van der Waals surface area contributed by atoms with Crippen molar-refractivity contribution in [2.45, 2.75) is 19.2 Å². The second kappa shape index (κ2) is 5.44. The number of hydrogen-bond acceptors (Lipinski definition) is 1. The molecule has 0 bridgehead atoms. The van der Waals surface area contributed by atoms with Crippen molar-refractivity contribution >= 4 is 0 Å². The molecule has 0 saturated carbocycles. The van der Waals surface area contributed by atoms with E-state index in [4.69, 9.17) is 0 Å². The quantitative estimate of drug-likeness (QED) is 0.817. The highest BCUT2D eigenvalue weighted by Crippen LogP contribution is 2.33. The molecule has 0 radical (unpaired) electrons. The molecule has 0 fully saturated rings. The van der Waals surface area contributed by atoms with Crippen LogP contribution in [0.3, 0.4) is 0 Å². The first-order valence-corrected chi connectivity index (χ1v) is 6.00. The minimum Gasteiger partial charge on any atom is -0.384 e. The third kappa shape index (κ3) is 3.39. The molecule has 21 heavy (non-hydrogen) atoms. The van der Waals surface area contributed by atoms with Crippen molar-refractivity contribution in [3.8, 4) is 0 Å². The molecule has 112 valence electrons. The van der Waals surface area contributed by atoms with Crippen LogP contribution in [0.5, 0.6) is 0 Å². The fourth-order valence-corrected chi connectivity index (χ4v) is 2.07. The predicted octanol–water partition coefficient (Wildman–Crippen LogP) is 4.37. The summed E-state index contributed by atoms with van der Waals surface area (Å²) in [5.74, 6) is -1.73. The minimum atomic E-state index is -4.49. The summed E-state index contributed by atoms with van der Waals surface area (Å²) >= 11 is 0. The highest BCUT2D eigenvalue weighted by Gasteiger charge is 2.31. The number of aliphatic hydroxyl groups excluding tert-OH is 1. The summed E-state index contributed by atoms with van der Waals surface area (Å²) in [6, 6.07) is 5.33. The van der Waals surface area contributed by atoms with Crippen molar-refractivity contribution in [3.63, 3.8) is 0 Å². The van der Waals surface area contributed by atoms with E-state index in [9.17, 15) is 27.1 Å². The van der Waals surface area contributed by atoms with Crippen molar-refractivity contribution < 1.29 is 27.1 Å². The average molecular weight is 302 g/mol. The molecule has 0 aliphatic carbocycles. The van der Waals surface area contributed by atoms with Crippen molar-refractivity contribution in [3.05, 3.63) is 70.3 Å². The normalized spacial score (nSPS) is 13.3. The maximum atomic E-state index is 13.1. The van der Waals surface area contributed by atoms with Gasteiger partial charge in [-0.25, -0.2) is 8.78 Å². The Morgan fingerprint density at radius 2 is 1.52 bits per heavy atom. The number of benzene rings is 2. The lowest BCUT2D eigenvalue weighted by Crippen LogP contribution is -2.08. The van der Waals surface area contributed by atoms with E-state index in [0.717, 1.165) is 30.3 Å². The van der Waals surface area contributed by atoms with Gasteiger partial charge in [0.05, 0.1) is 5.56 Å².